The molecule has 2 aromatic rings. The molecule has 1 aliphatic heterocycles. The Labute approximate surface area is 220 Å². The van der Waals surface area contributed by atoms with Gasteiger partial charge in [0.05, 0.1) is 13.7 Å². The molecule has 0 saturated heterocycles. The zero-order valence-corrected chi connectivity index (χ0v) is 22.7. The van der Waals surface area contributed by atoms with E-state index < -0.39 is 0 Å². The van der Waals surface area contributed by atoms with Crippen LogP contribution in [0.4, 0.5) is 5.82 Å². The fourth-order valence-corrected chi connectivity index (χ4v) is 4.48. The van der Waals surface area contributed by atoms with Crippen LogP contribution in [0, 0.1) is 5.92 Å². The molecule has 2 N–H and O–H groups in total. The first-order valence-corrected chi connectivity index (χ1v) is 13.2. The van der Waals surface area contributed by atoms with Gasteiger partial charge in [-0.05, 0) is 68.4 Å². The number of fused-ring (bicyclic) bond motifs is 1. The summed E-state index contributed by atoms with van der Waals surface area (Å²) >= 11 is 0. The van der Waals surface area contributed by atoms with Gasteiger partial charge in [0.2, 0.25) is 17.6 Å². The van der Waals surface area contributed by atoms with Crippen molar-refractivity contribution in [3.63, 3.8) is 0 Å². The summed E-state index contributed by atoms with van der Waals surface area (Å²) in [5, 5.41) is 4.63. The Morgan fingerprint density at radius 2 is 1.95 bits per heavy atom. The number of allylic oxidation sites excluding steroid dienone is 7. The Bertz CT molecular complexity index is 1370. The number of nitrogens with zero attached hydrogens (tertiary/aromatic N) is 2. The molecule has 0 amide bonds. The molecule has 1 aromatic carbocycles. The van der Waals surface area contributed by atoms with Crippen molar-refractivity contribution >= 4 is 11.4 Å². The van der Waals surface area contributed by atoms with Gasteiger partial charge in [0, 0.05) is 19.0 Å². The fraction of sp³-hybridized carbons (Fsp3) is 0.387. The molecule has 0 fully saturated rings. The zero-order chi connectivity index (χ0) is 26.2. The number of hydrogen-bond donors (Lipinski definition) is 1. The average Bonchev–Trinajstić information content (AvgIpc) is 2.87. The highest BCUT2D eigenvalue weighted by molar-refractivity contribution is 5.49. The van der Waals surface area contributed by atoms with Crippen LogP contribution in [0.1, 0.15) is 58.9 Å². The van der Waals surface area contributed by atoms with Crippen molar-refractivity contribution in [2.24, 2.45) is 10.9 Å². The Kier molecular flexibility index (Phi) is 8.94. The molecule has 6 heteroatoms. The molecule has 2 heterocycles. The number of rotatable bonds is 8. The van der Waals surface area contributed by atoms with Gasteiger partial charge in [-0.25, -0.2) is 9.98 Å². The monoisotopic (exact) mass is 499 g/mol. The maximum Gasteiger partial charge on any atom is 0.242 e. The van der Waals surface area contributed by atoms with E-state index in [0.717, 1.165) is 72.4 Å². The van der Waals surface area contributed by atoms with Gasteiger partial charge in [0.25, 0.3) is 0 Å². The van der Waals surface area contributed by atoms with Crippen LogP contribution in [0.25, 0.3) is 5.57 Å². The van der Waals surface area contributed by atoms with Crippen LogP contribution >= 0.6 is 0 Å². The van der Waals surface area contributed by atoms with Crippen molar-refractivity contribution < 1.29 is 14.5 Å². The number of benzene rings is 1. The number of ether oxygens (including phenoxy) is 2. The maximum atomic E-state index is 6.39. The Morgan fingerprint density at radius 1 is 1.08 bits per heavy atom. The smallest absolute Gasteiger partial charge is 0.242 e. The SMILES string of the molecule is COc1cc(CCNc2[nH+]cnc3c2=C(C)CCC=CN=3)ccc1OC1=CC(C(C)C)=CC=C(C)CC1. The van der Waals surface area contributed by atoms with E-state index in [0.29, 0.717) is 5.92 Å². The maximum absolute atomic E-state index is 6.39. The lowest BCUT2D eigenvalue weighted by Gasteiger charge is -2.17. The van der Waals surface area contributed by atoms with Crippen molar-refractivity contribution in [2.45, 2.75) is 59.8 Å². The highest BCUT2D eigenvalue weighted by Crippen LogP contribution is 2.32. The standard InChI is InChI=1S/C31H38N4O2/c1-21(2)25-12-9-22(3)10-13-26(19-25)37-27-14-11-24(18-28(27)36-5)15-17-33-31-29-23(4)8-6-7-16-32-30(29)34-20-35-31/h7,9,11-12,14,16,18-21H,6,8,10,13,15,17H2,1-5H3,(H,32,33,34,35)/p+1. The minimum absolute atomic E-state index is 0.432. The predicted octanol–water partition coefficient (Wildman–Crippen LogP) is 5.24. The third kappa shape index (κ3) is 6.97. The van der Waals surface area contributed by atoms with Crippen molar-refractivity contribution in [1.82, 2.24) is 4.98 Å². The number of anilines is 1. The molecule has 6 nitrogen and oxygen atoms in total. The molecule has 4 rings (SSSR count). The molecule has 0 atom stereocenters. The van der Waals surface area contributed by atoms with Crippen LogP contribution in [0.2, 0.25) is 0 Å². The van der Waals surface area contributed by atoms with Crippen molar-refractivity contribution in [2.75, 3.05) is 19.0 Å². The summed E-state index contributed by atoms with van der Waals surface area (Å²) in [4.78, 5) is 12.2. The first-order valence-electron chi connectivity index (χ1n) is 13.2. The number of nitrogens with one attached hydrogen (secondary N) is 2. The Morgan fingerprint density at radius 3 is 2.76 bits per heavy atom. The van der Waals surface area contributed by atoms with Gasteiger partial charge in [-0.2, -0.15) is 0 Å². The molecule has 0 radical (unpaired) electrons. The molecule has 0 bridgehead atoms. The normalized spacial score (nSPS) is 15.7. The van der Waals surface area contributed by atoms with E-state index in [4.69, 9.17) is 9.47 Å². The number of aromatic nitrogens is 2. The second kappa shape index (κ2) is 12.5. The van der Waals surface area contributed by atoms with Crippen LogP contribution in [0.15, 0.2) is 76.9 Å². The van der Waals surface area contributed by atoms with Crippen molar-refractivity contribution in [1.29, 1.82) is 0 Å². The average molecular weight is 500 g/mol. The molecule has 1 aliphatic carbocycles. The number of hydrogen-bond acceptors (Lipinski definition) is 5. The number of aromatic amines is 1. The second-order valence-electron chi connectivity index (χ2n) is 10.0. The van der Waals surface area contributed by atoms with Crippen LogP contribution in [-0.4, -0.2) is 18.6 Å². The Hall–Kier alpha value is -3.67. The van der Waals surface area contributed by atoms with Crippen LogP contribution in [0.5, 0.6) is 11.5 Å². The minimum atomic E-state index is 0.432. The summed E-state index contributed by atoms with van der Waals surface area (Å²) in [7, 11) is 1.70. The quantitative estimate of drug-likeness (QED) is 0.539. The van der Waals surface area contributed by atoms with E-state index in [1.807, 2.05) is 12.3 Å². The van der Waals surface area contributed by atoms with Crippen molar-refractivity contribution in [3.05, 3.63) is 88.2 Å². The zero-order valence-electron chi connectivity index (χ0n) is 22.7. The highest BCUT2D eigenvalue weighted by atomic mass is 16.5. The van der Waals surface area contributed by atoms with E-state index in [2.05, 4.69) is 84.4 Å². The predicted molar refractivity (Wildman–Crippen MR) is 149 cm³/mol. The van der Waals surface area contributed by atoms with Gasteiger partial charge in [-0.15, -0.1) is 0 Å². The summed E-state index contributed by atoms with van der Waals surface area (Å²) in [6.07, 6.45) is 16.9. The lowest BCUT2D eigenvalue weighted by Crippen LogP contribution is -2.39. The van der Waals surface area contributed by atoms with E-state index >= 15 is 0 Å². The first kappa shape index (κ1) is 26.4. The van der Waals surface area contributed by atoms with Gasteiger partial charge in [0.15, 0.2) is 11.5 Å². The number of methoxy groups -OCH3 is 1. The van der Waals surface area contributed by atoms with Gasteiger partial charge >= 0.3 is 0 Å². The van der Waals surface area contributed by atoms with Crippen LogP contribution < -0.4 is 30.5 Å². The molecule has 37 heavy (non-hydrogen) atoms. The summed E-state index contributed by atoms with van der Waals surface area (Å²) in [6.45, 7) is 9.51. The first-order chi connectivity index (χ1) is 17.9. The molecule has 0 unspecified atom stereocenters. The van der Waals surface area contributed by atoms with E-state index in [9.17, 15) is 0 Å². The van der Waals surface area contributed by atoms with Gasteiger partial charge < -0.3 is 14.8 Å². The third-order valence-corrected chi connectivity index (χ3v) is 6.79. The lowest BCUT2D eigenvalue weighted by atomic mass is 9.97. The fourth-order valence-electron chi connectivity index (χ4n) is 4.48. The molecule has 1 aromatic heterocycles. The van der Waals surface area contributed by atoms with Crippen LogP contribution in [-0.2, 0) is 6.42 Å². The van der Waals surface area contributed by atoms with Crippen molar-refractivity contribution in [3.8, 4) is 11.5 Å². The molecule has 2 aliphatic rings. The van der Waals surface area contributed by atoms with Gasteiger partial charge in [0.1, 0.15) is 11.0 Å². The Balaban J connectivity index is 1.48. The summed E-state index contributed by atoms with van der Waals surface area (Å²) in [5.41, 5.74) is 5.84. The van der Waals surface area contributed by atoms with E-state index in [1.54, 1.807) is 13.4 Å². The molecule has 0 saturated carbocycles. The molecule has 194 valence electrons. The highest BCUT2D eigenvalue weighted by Gasteiger charge is 2.14. The minimum Gasteiger partial charge on any atom is -0.493 e. The second-order valence-corrected chi connectivity index (χ2v) is 10.0. The third-order valence-electron chi connectivity index (χ3n) is 6.79. The molecular weight excluding hydrogens is 460 g/mol. The lowest BCUT2D eigenvalue weighted by molar-refractivity contribution is -0.367. The molecule has 0 spiro atoms. The summed E-state index contributed by atoms with van der Waals surface area (Å²) in [6, 6.07) is 6.21. The summed E-state index contributed by atoms with van der Waals surface area (Å²) in [5.74, 6) is 3.86. The topological polar surface area (TPSA) is 69.9 Å². The van der Waals surface area contributed by atoms with E-state index in [-0.39, 0.29) is 0 Å². The van der Waals surface area contributed by atoms with Gasteiger partial charge in [-0.1, -0.05) is 54.3 Å². The largest absolute Gasteiger partial charge is 0.493 e. The number of H-pyrrole nitrogens is 1. The molecular formula is C31H39N4O2+. The van der Waals surface area contributed by atoms with Crippen LogP contribution in [0.3, 0.4) is 0 Å². The summed E-state index contributed by atoms with van der Waals surface area (Å²) < 4.78 is 12.1. The van der Waals surface area contributed by atoms with Gasteiger partial charge in [-0.3, -0.25) is 0 Å². The van der Waals surface area contributed by atoms with E-state index in [1.165, 1.54) is 22.3 Å².